The number of aryl methyl sites for hydroxylation is 2. The average Bonchev–Trinajstić information content (AvgIpc) is 3.08. The number of hydrogen-bond donors (Lipinski definition) is 0. The lowest BCUT2D eigenvalue weighted by Crippen LogP contribution is -2.45. The van der Waals surface area contributed by atoms with Crippen LogP contribution in [0.4, 0.5) is 5.69 Å². The van der Waals surface area contributed by atoms with Gasteiger partial charge < -0.3 is 9.64 Å². The molecule has 0 fully saturated rings. The molecule has 2 aromatic carbocycles. The molecule has 30 heavy (non-hydrogen) atoms. The SMILES string of the molecule is Cc1nc(-c2ccc3c(c2)N(CC(=O)N(C)Cc2ccccc2)C(=O)CO3)c(C)s1. The van der Waals surface area contributed by atoms with E-state index in [1.54, 1.807) is 23.3 Å². The first-order valence-electron chi connectivity index (χ1n) is 9.72. The Bertz CT molecular complexity index is 1090. The maximum Gasteiger partial charge on any atom is 0.265 e. The van der Waals surface area contributed by atoms with Crippen LogP contribution in [0.2, 0.25) is 0 Å². The van der Waals surface area contributed by atoms with E-state index in [0.29, 0.717) is 18.0 Å². The predicted octanol–water partition coefficient (Wildman–Crippen LogP) is 3.81. The van der Waals surface area contributed by atoms with Gasteiger partial charge in [0.2, 0.25) is 5.91 Å². The smallest absolute Gasteiger partial charge is 0.265 e. The van der Waals surface area contributed by atoms with Gasteiger partial charge in [0.05, 0.1) is 16.4 Å². The van der Waals surface area contributed by atoms with Gasteiger partial charge in [0.1, 0.15) is 12.3 Å². The Morgan fingerprint density at radius 1 is 1.20 bits per heavy atom. The Kier molecular flexibility index (Phi) is 5.55. The van der Waals surface area contributed by atoms with E-state index < -0.39 is 0 Å². The quantitative estimate of drug-likeness (QED) is 0.629. The Hall–Kier alpha value is -3.19. The highest BCUT2D eigenvalue weighted by atomic mass is 32.1. The molecule has 0 spiro atoms. The van der Waals surface area contributed by atoms with Crippen molar-refractivity contribution in [2.45, 2.75) is 20.4 Å². The van der Waals surface area contributed by atoms with Crippen LogP contribution >= 0.6 is 11.3 Å². The van der Waals surface area contributed by atoms with Crippen molar-refractivity contribution in [2.24, 2.45) is 0 Å². The van der Waals surface area contributed by atoms with Gasteiger partial charge in [-0.05, 0) is 37.6 Å². The molecule has 154 valence electrons. The molecule has 6 nitrogen and oxygen atoms in total. The Morgan fingerprint density at radius 3 is 2.67 bits per heavy atom. The largest absolute Gasteiger partial charge is 0.482 e. The van der Waals surface area contributed by atoms with E-state index >= 15 is 0 Å². The van der Waals surface area contributed by atoms with Gasteiger partial charge in [-0.2, -0.15) is 0 Å². The number of nitrogens with zero attached hydrogens (tertiary/aromatic N) is 3. The van der Waals surface area contributed by atoms with Crippen molar-refractivity contribution >= 4 is 28.8 Å². The van der Waals surface area contributed by atoms with Crippen LogP contribution in [-0.4, -0.2) is 41.9 Å². The molecule has 4 rings (SSSR count). The number of thiazole rings is 1. The number of hydrogen-bond acceptors (Lipinski definition) is 5. The van der Waals surface area contributed by atoms with E-state index in [2.05, 4.69) is 4.98 Å². The number of likely N-dealkylation sites (N-methyl/N-ethyl adjacent to an activating group) is 1. The van der Waals surface area contributed by atoms with Crippen LogP contribution in [0.25, 0.3) is 11.3 Å². The van der Waals surface area contributed by atoms with E-state index in [9.17, 15) is 9.59 Å². The summed E-state index contributed by atoms with van der Waals surface area (Å²) in [6.07, 6.45) is 0. The van der Waals surface area contributed by atoms with Crippen LogP contribution in [0.15, 0.2) is 48.5 Å². The number of benzene rings is 2. The third-order valence-electron chi connectivity index (χ3n) is 5.06. The molecule has 2 heterocycles. The number of fused-ring (bicyclic) bond motifs is 1. The number of aromatic nitrogens is 1. The number of ether oxygens (including phenoxy) is 1. The minimum atomic E-state index is -0.229. The summed E-state index contributed by atoms with van der Waals surface area (Å²) in [4.78, 5) is 34.3. The first kappa shape index (κ1) is 20.1. The Morgan fingerprint density at radius 2 is 1.97 bits per heavy atom. The highest BCUT2D eigenvalue weighted by molar-refractivity contribution is 7.11. The fourth-order valence-corrected chi connectivity index (χ4v) is 4.36. The summed E-state index contributed by atoms with van der Waals surface area (Å²) in [6.45, 7) is 4.39. The third-order valence-corrected chi connectivity index (χ3v) is 5.95. The lowest BCUT2D eigenvalue weighted by molar-refractivity contribution is -0.131. The monoisotopic (exact) mass is 421 g/mol. The fraction of sp³-hybridized carbons (Fsp3) is 0.261. The number of amides is 2. The minimum Gasteiger partial charge on any atom is -0.482 e. The lowest BCUT2D eigenvalue weighted by Gasteiger charge is -2.30. The normalized spacial score (nSPS) is 13.0. The zero-order chi connectivity index (χ0) is 21.3. The van der Waals surface area contributed by atoms with Gasteiger partial charge in [-0.15, -0.1) is 11.3 Å². The Labute approximate surface area is 179 Å². The maximum absolute atomic E-state index is 12.9. The van der Waals surface area contributed by atoms with E-state index in [4.69, 9.17) is 4.74 Å². The molecule has 1 aliphatic rings. The van der Waals surface area contributed by atoms with Crippen molar-refractivity contribution < 1.29 is 14.3 Å². The molecule has 1 aromatic heterocycles. The maximum atomic E-state index is 12.9. The number of anilines is 1. The summed E-state index contributed by atoms with van der Waals surface area (Å²) >= 11 is 1.63. The molecule has 0 radical (unpaired) electrons. The molecule has 0 N–H and O–H groups in total. The molecule has 0 saturated heterocycles. The molecule has 1 aliphatic heterocycles. The first-order valence-corrected chi connectivity index (χ1v) is 10.5. The lowest BCUT2D eigenvalue weighted by atomic mass is 10.1. The topological polar surface area (TPSA) is 62.7 Å². The van der Waals surface area contributed by atoms with Crippen molar-refractivity contribution in [2.75, 3.05) is 25.1 Å². The second-order valence-corrected chi connectivity index (χ2v) is 8.73. The average molecular weight is 422 g/mol. The van der Waals surface area contributed by atoms with Crippen LogP contribution in [-0.2, 0) is 16.1 Å². The molecule has 0 atom stereocenters. The van der Waals surface area contributed by atoms with Crippen molar-refractivity contribution in [1.82, 2.24) is 9.88 Å². The summed E-state index contributed by atoms with van der Waals surface area (Å²) in [5.74, 6) is 0.236. The van der Waals surface area contributed by atoms with Crippen LogP contribution in [0.5, 0.6) is 5.75 Å². The van der Waals surface area contributed by atoms with Crippen LogP contribution in [0, 0.1) is 13.8 Å². The standard InChI is InChI=1S/C23H23N3O3S/c1-15-23(24-16(2)30-15)18-9-10-20-19(11-18)26(22(28)14-29-20)13-21(27)25(3)12-17-7-5-4-6-8-17/h4-11H,12-14H2,1-3H3. The predicted molar refractivity (Wildman–Crippen MR) is 118 cm³/mol. The summed E-state index contributed by atoms with van der Waals surface area (Å²) < 4.78 is 5.60. The van der Waals surface area contributed by atoms with Gasteiger partial charge in [-0.1, -0.05) is 30.3 Å². The highest BCUT2D eigenvalue weighted by Crippen LogP contribution is 2.37. The van der Waals surface area contributed by atoms with Crippen molar-refractivity contribution in [1.29, 1.82) is 0 Å². The molecule has 0 saturated carbocycles. The zero-order valence-electron chi connectivity index (χ0n) is 17.2. The van der Waals surface area contributed by atoms with Gasteiger partial charge in [0, 0.05) is 24.0 Å². The minimum absolute atomic E-state index is 0.0307. The van der Waals surface area contributed by atoms with Gasteiger partial charge in [0.15, 0.2) is 6.61 Å². The second-order valence-electron chi connectivity index (χ2n) is 7.32. The molecular weight excluding hydrogens is 398 g/mol. The van der Waals surface area contributed by atoms with E-state index in [-0.39, 0.29) is 25.0 Å². The van der Waals surface area contributed by atoms with Crippen molar-refractivity contribution in [3.63, 3.8) is 0 Å². The molecular formula is C23H23N3O3S. The zero-order valence-corrected chi connectivity index (χ0v) is 18.0. The van der Waals surface area contributed by atoms with Gasteiger partial charge >= 0.3 is 0 Å². The van der Waals surface area contributed by atoms with Crippen molar-refractivity contribution in [3.8, 4) is 17.0 Å². The molecule has 0 unspecified atom stereocenters. The fourth-order valence-electron chi connectivity index (χ4n) is 3.52. The summed E-state index contributed by atoms with van der Waals surface area (Å²) in [7, 11) is 1.75. The molecule has 3 aromatic rings. The van der Waals surface area contributed by atoms with E-state index in [1.807, 2.05) is 62.4 Å². The molecule has 7 heteroatoms. The molecule has 2 amide bonds. The third kappa shape index (κ3) is 4.07. The molecule has 0 aliphatic carbocycles. The van der Waals surface area contributed by atoms with E-state index in [0.717, 1.165) is 26.7 Å². The highest BCUT2D eigenvalue weighted by Gasteiger charge is 2.29. The van der Waals surface area contributed by atoms with Gasteiger partial charge in [-0.3, -0.25) is 14.5 Å². The summed E-state index contributed by atoms with van der Waals surface area (Å²) in [5.41, 5.74) is 3.45. The van der Waals surface area contributed by atoms with Crippen LogP contribution in [0.3, 0.4) is 0 Å². The number of rotatable bonds is 5. The van der Waals surface area contributed by atoms with Crippen LogP contribution in [0.1, 0.15) is 15.4 Å². The summed E-state index contributed by atoms with van der Waals surface area (Å²) in [6, 6.07) is 15.5. The van der Waals surface area contributed by atoms with Crippen molar-refractivity contribution in [3.05, 3.63) is 64.0 Å². The Balaban J connectivity index is 1.58. The van der Waals surface area contributed by atoms with Crippen LogP contribution < -0.4 is 9.64 Å². The van der Waals surface area contributed by atoms with E-state index in [1.165, 1.54) is 4.90 Å². The first-order chi connectivity index (χ1) is 14.4. The second kappa shape index (κ2) is 8.28. The number of carbonyl (C=O) groups excluding carboxylic acids is 2. The molecule has 0 bridgehead atoms. The summed E-state index contributed by atoms with van der Waals surface area (Å²) in [5, 5.41) is 0.988. The van der Waals surface area contributed by atoms with Gasteiger partial charge in [-0.25, -0.2) is 4.98 Å². The van der Waals surface area contributed by atoms with Gasteiger partial charge in [0.25, 0.3) is 5.91 Å². The number of carbonyl (C=O) groups is 2.